The van der Waals surface area contributed by atoms with Gasteiger partial charge < -0.3 is 9.64 Å². The van der Waals surface area contributed by atoms with Crippen molar-refractivity contribution >= 4 is 11.5 Å². The molecule has 1 aromatic carbocycles. The number of hydrogen-bond acceptors (Lipinski definition) is 5. The molecule has 0 saturated heterocycles. The van der Waals surface area contributed by atoms with Crippen molar-refractivity contribution in [1.82, 2.24) is 10.3 Å². The summed E-state index contributed by atoms with van der Waals surface area (Å²) in [6.07, 6.45) is 3.00. The van der Waals surface area contributed by atoms with Crippen LogP contribution in [0.3, 0.4) is 0 Å². The number of allylic oxidation sites excluding steroid dienone is 3. The topological polar surface area (TPSA) is 44.8 Å². The SMILES string of the molecule is CN(C)/C=C/C(=O)C1=CC=CN(c2cccc(OC(F)(F)F)c2)N1. The Bertz CT molecular complexity index is 694. The lowest BCUT2D eigenvalue weighted by Crippen LogP contribution is -2.37. The zero-order valence-electron chi connectivity index (χ0n) is 13.0. The third kappa shape index (κ3) is 5.08. The van der Waals surface area contributed by atoms with E-state index < -0.39 is 6.36 Å². The first-order valence-electron chi connectivity index (χ1n) is 6.94. The smallest absolute Gasteiger partial charge is 0.406 e. The second kappa shape index (κ2) is 7.12. The summed E-state index contributed by atoms with van der Waals surface area (Å²) in [7, 11) is 3.57. The Hall–Kier alpha value is -2.90. The van der Waals surface area contributed by atoms with Gasteiger partial charge in [0.05, 0.1) is 5.69 Å². The van der Waals surface area contributed by atoms with Crippen molar-refractivity contribution in [3.8, 4) is 5.75 Å². The lowest BCUT2D eigenvalue weighted by atomic mass is 10.2. The number of anilines is 1. The van der Waals surface area contributed by atoms with Gasteiger partial charge in [-0.25, -0.2) is 0 Å². The van der Waals surface area contributed by atoms with E-state index in [2.05, 4.69) is 10.2 Å². The van der Waals surface area contributed by atoms with Crippen molar-refractivity contribution in [1.29, 1.82) is 0 Å². The van der Waals surface area contributed by atoms with E-state index in [0.717, 1.165) is 0 Å². The number of alkyl halides is 3. The van der Waals surface area contributed by atoms with Crippen LogP contribution >= 0.6 is 0 Å². The molecule has 0 spiro atoms. The first-order valence-corrected chi connectivity index (χ1v) is 6.94. The molecular formula is C16H16F3N3O2. The zero-order chi connectivity index (χ0) is 17.7. The predicted octanol–water partition coefficient (Wildman–Crippen LogP) is 2.95. The Labute approximate surface area is 137 Å². The Morgan fingerprint density at radius 2 is 2.08 bits per heavy atom. The van der Waals surface area contributed by atoms with E-state index in [1.807, 2.05) is 0 Å². The zero-order valence-corrected chi connectivity index (χ0v) is 13.0. The van der Waals surface area contributed by atoms with Crippen molar-refractivity contribution in [3.63, 3.8) is 0 Å². The predicted molar refractivity (Wildman–Crippen MR) is 83.8 cm³/mol. The molecule has 128 valence electrons. The molecule has 1 N–H and O–H groups in total. The largest absolute Gasteiger partial charge is 0.573 e. The molecule has 1 aromatic rings. The molecule has 0 bridgehead atoms. The van der Waals surface area contributed by atoms with Gasteiger partial charge in [0.25, 0.3) is 0 Å². The number of hydrazine groups is 1. The molecule has 0 aromatic heterocycles. The molecule has 0 amide bonds. The molecule has 1 aliphatic rings. The van der Waals surface area contributed by atoms with Crippen molar-refractivity contribution in [2.75, 3.05) is 19.1 Å². The minimum Gasteiger partial charge on any atom is -0.406 e. The van der Waals surface area contributed by atoms with Crippen LogP contribution in [0.25, 0.3) is 0 Å². The number of benzene rings is 1. The highest BCUT2D eigenvalue weighted by Crippen LogP contribution is 2.27. The highest BCUT2D eigenvalue weighted by molar-refractivity contribution is 6.04. The molecule has 8 heteroatoms. The van der Waals surface area contributed by atoms with Crippen molar-refractivity contribution in [2.24, 2.45) is 0 Å². The average Bonchev–Trinajstić information content (AvgIpc) is 2.51. The maximum absolute atomic E-state index is 12.3. The number of nitrogens with zero attached hydrogens (tertiary/aromatic N) is 2. The van der Waals surface area contributed by atoms with Gasteiger partial charge >= 0.3 is 6.36 Å². The van der Waals surface area contributed by atoms with Gasteiger partial charge in [-0.05, 0) is 24.3 Å². The summed E-state index contributed by atoms with van der Waals surface area (Å²) in [5.41, 5.74) is 3.52. The summed E-state index contributed by atoms with van der Waals surface area (Å²) < 4.78 is 40.8. The van der Waals surface area contributed by atoms with E-state index in [4.69, 9.17) is 0 Å². The number of halogens is 3. The Morgan fingerprint density at radius 3 is 2.75 bits per heavy atom. The lowest BCUT2D eigenvalue weighted by molar-refractivity contribution is -0.274. The molecule has 5 nitrogen and oxygen atoms in total. The first kappa shape index (κ1) is 17.5. The summed E-state index contributed by atoms with van der Waals surface area (Å²) in [4.78, 5) is 13.8. The average molecular weight is 339 g/mol. The van der Waals surface area contributed by atoms with Crippen LogP contribution in [0.1, 0.15) is 0 Å². The van der Waals surface area contributed by atoms with E-state index in [0.29, 0.717) is 5.69 Å². The summed E-state index contributed by atoms with van der Waals surface area (Å²) >= 11 is 0. The van der Waals surface area contributed by atoms with Crippen LogP contribution in [-0.2, 0) is 4.79 Å². The molecule has 1 aliphatic heterocycles. The van der Waals surface area contributed by atoms with Crippen molar-refractivity contribution < 1.29 is 22.7 Å². The summed E-state index contributed by atoms with van der Waals surface area (Å²) in [5.74, 6) is -0.606. The maximum Gasteiger partial charge on any atom is 0.573 e. The summed E-state index contributed by atoms with van der Waals surface area (Å²) in [6, 6.07) is 5.43. The van der Waals surface area contributed by atoms with Crippen LogP contribution in [0.5, 0.6) is 5.75 Å². The fraction of sp³-hybridized carbons (Fsp3) is 0.188. The number of carbonyl (C=O) groups is 1. The van der Waals surface area contributed by atoms with Crippen LogP contribution in [-0.4, -0.2) is 31.1 Å². The fourth-order valence-electron chi connectivity index (χ4n) is 1.85. The summed E-state index contributed by atoms with van der Waals surface area (Å²) in [6.45, 7) is 0. The first-order chi connectivity index (χ1) is 11.2. The molecule has 0 aliphatic carbocycles. The van der Waals surface area contributed by atoms with E-state index in [1.54, 1.807) is 49.6 Å². The normalized spacial score (nSPS) is 14.4. The van der Waals surface area contributed by atoms with Crippen LogP contribution in [0.15, 0.2) is 60.6 Å². The molecule has 0 unspecified atom stereocenters. The second-order valence-electron chi connectivity index (χ2n) is 5.09. The molecular weight excluding hydrogens is 323 g/mol. The molecule has 24 heavy (non-hydrogen) atoms. The molecule has 2 rings (SSSR count). The maximum atomic E-state index is 12.3. The van der Waals surface area contributed by atoms with Gasteiger partial charge in [-0.15, -0.1) is 13.2 Å². The van der Waals surface area contributed by atoms with Crippen LogP contribution in [0.4, 0.5) is 18.9 Å². The van der Waals surface area contributed by atoms with Gasteiger partial charge in [-0.2, -0.15) is 0 Å². The minimum atomic E-state index is -4.76. The molecule has 1 heterocycles. The van der Waals surface area contributed by atoms with Crippen LogP contribution in [0, 0.1) is 0 Å². The number of hydrogen-bond donors (Lipinski definition) is 1. The number of ketones is 1. The lowest BCUT2D eigenvalue weighted by Gasteiger charge is -2.26. The third-order valence-corrected chi connectivity index (χ3v) is 2.86. The van der Waals surface area contributed by atoms with Crippen LogP contribution in [0.2, 0.25) is 0 Å². The van der Waals surface area contributed by atoms with Gasteiger partial charge in [0.1, 0.15) is 11.4 Å². The summed E-state index contributed by atoms with van der Waals surface area (Å²) in [5, 5.41) is 1.43. The highest BCUT2D eigenvalue weighted by atomic mass is 19.4. The monoisotopic (exact) mass is 339 g/mol. The van der Waals surface area contributed by atoms with E-state index in [-0.39, 0.29) is 17.2 Å². The molecule has 0 saturated carbocycles. The molecule has 0 fully saturated rings. The fourth-order valence-corrected chi connectivity index (χ4v) is 1.85. The highest BCUT2D eigenvalue weighted by Gasteiger charge is 2.31. The van der Waals surface area contributed by atoms with Crippen molar-refractivity contribution in [3.05, 3.63) is 60.6 Å². The van der Waals surface area contributed by atoms with Gasteiger partial charge in [0.2, 0.25) is 5.78 Å². The van der Waals surface area contributed by atoms with E-state index in [9.17, 15) is 18.0 Å². The Morgan fingerprint density at radius 1 is 1.33 bits per heavy atom. The van der Waals surface area contributed by atoms with Crippen molar-refractivity contribution in [2.45, 2.75) is 6.36 Å². The minimum absolute atomic E-state index is 0.263. The molecule has 0 atom stereocenters. The van der Waals surface area contributed by atoms with Crippen LogP contribution < -0.4 is 15.2 Å². The Balaban J connectivity index is 2.12. The third-order valence-electron chi connectivity index (χ3n) is 2.86. The van der Waals surface area contributed by atoms with Gasteiger partial charge in [0.15, 0.2) is 0 Å². The Kier molecular flexibility index (Phi) is 5.18. The number of nitrogens with one attached hydrogen (secondary N) is 1. The molecule has 0 radical (unpaired) electrons. The quantitative estimate of drug-likeness (QED) is 0.836. The van der Waals surface area contributed by atoms with E-state index >= 15 is 0 Å². The second-order valence-corrected chi connectivity index (χ2v) is 5.09. The van der Waals surface area contributed by atoms with E-state index in [1.165, 1.54) is 29.3 Å². The standard InChI is InChI=1S/C16H16F3N3O2/c1-21(2)10-8-15(23)14-7-4-9-22(20-14)12-5-3-6-13(11-12)24-16(17,18)19/h3-11,20H,1-2H3/b10-8+. The van der Waals surface area contributed by atoms with Gasteiger partial charge in [-0.1, -0.05) is 6.07 Å². The van der Waals surface area contributed by atoms with Gasteiger partial charge in [-0.3, -0.25) is 15.2 Å². The number of rotatable bonds is 5. The van der Waals surface area contributed by atoms with Gasteiger partial charge in [0, 0.05) is 38.6 Å². The number of carbonyl (C=O) groups excluding carboxylic acids is 1. The number of ether oxygens (including phenoxy) is 1.